The molecule has 0 radical (unpaired) electrons. The molecule has 2 aliphatic rings. The number of hydrogen-bond acceptors (Lipinski definition) is 7. The van der Waals surface area contributed by atoms with E-state index in [0.29, 0.717) is 35.9 Å². The Hall–Kier alpha value is -3.34. The number of sulfone groups is 1. The third-order valence-corrected chi connectivity index (χ3v) is 6.99. The van der Waals surface area contributed by atoms with Gasteiger partial charge in [-0.3, -0.25) is 14.5 Å². The molecule has 1 aromatic heterocycles. The van der Waals surface area contributed by atoms with Gasteiger partial charge in [-0.15, -0.1) is 0 Å². The number of rotatable bonds is 8. The lowest BCUT2D eigenvalue weighted by atomic mass is 10.1. The van der Waals surface area contributed by atoms with E-state index < -0.39 is 34.4 Å². The molecule has 0 saturated carbocycles. The van der Waals surface area contributed by atoms with Crippen LogP contribution in [-0.4, -0.2) is 72.9 Å². The van der Waals surface area contributed by atoms with Crippen molar-refractivity contribution in [2.45, 2.75) is 39.0 Å². The second-order valence-corrected chi connectivity index (χ2v) is 10.9. The van der Waals surface area contributed by atoms with Gasteiger partial charge < -0.3 is 19.4 Å². The number of carbonyl (C=O) groups is 3. The predicted molar refractivity (Wildman–Crippen MR) is 123 cm³/mol. The monoisotopic (exact) mass is 489 g/mol. The maximum Gasteiger partial charge on any atom is 0.325 e. The van der Waals surface area contributed by atoms with E-state index in [0.717, 1.165) is 16.8 Å². The van der Waals surface area contributed by atoms with Gasteiger partial charge >= 0.3 is 6.03 Å². The van der Waals surface area contributed by atoms with E-state index in [2.05, 4.69) is 5.32 Å². The average Bonchev–Trinajstić information content (AvgIpc) is 3.21. The minimum Gasteiger partial charge on any atom is -0.486 e. The fourth-order valence-electron chi connectivity index (χ4n) is 4.20. The second kappa shape index (κ2) is 9.13. The molecule has 2 aromatic rings. The van der Waals surface area contributed by atoms with Crippen molar-refractivity contribution in [1.82, 2.24) is 14.8 Å². The summed E-state index contributed by atoms with van der Waals surface area (Å²) in [6.07, 6.45) is 0.785. The summed E-state index contributed by atoms with van der Waals surface area (Å²) in [4.78, 5) is 38.7. The molecule has 1 fully saturated rings. The zero-order chi connectivity index (χ0) is 24.6. The van der Waals surface area contributed by atoms with Crippen molar-refractivity contribution in [3.05, 3.63) is 47.3 Å². The molecule has 1 N–H and O–H groups in total. The molecule has 3 heterocycles. The largest absolute Gasteiger partial charge is 0.486 e. The Bertz CT molecular complexity index is 1250. The molecule has 0 aliphatic carbocycles. The van der Waals surface area contributed by atoms with E-state index in [1.165, 1.54) is 0 Å². The number of para-hydroxylation sites is 2. The van der Waals surface area contributed by atoms with Crippen LogP contribution in [0, 0.1) is 13.8 Å². The summed E-state index contributed by atoms with van der Waals surface area (Å²) in [5.74, 6) is 0.157. The Morgan fingerprint density at radius 3 is 2.59 bits per heavy atom. The van der Waals surface area contributed by atoms with Crippen LogP contribution < -0.4 is 14.8 Å². The summed E-state index contributed by atoms with van der Waals surface area (Å²) >= 11 is 0. The van der Waals surface area contributed by atoms with Gasteiger partial charge in [0.2, 0.25) is 0 Å². The standard InChI is InChI=1S/C23H27N3O7S/c1-14-10-17(15(2)25(14)11-16-13-32-20-6-4-5-7-21(20)33-16)19(27)12-26-22(28)18(24-23(26)29)8-9-34(3,30)31/h4-7,10,16,18H,8-9,11-13H2,1-3H3,(H,24,29)/t16-,18-/m1/s1. The number of amides is 3. The van der Waals surface area contributed by atoms with Crippen LogP contribution in [0.15, 0.2) is 30.3 Å². The number of imide groups is 1. The first-order valence-corrected chi connectivity index (χ1v) is 13.0. The minimum atomic E-state index is -3.28. The Morgan fingerprint density at radius 2 is 1.88 bits per heavy atom. The van der Waals surface area contributed by atoms with Gasteiger partial charge in [0.25, 0.3) is 5.91 Å². The number of Topliss-reactive ketones (excluding diaryl/α,β-unsaturated/α-hetero) is 1. The topological polar surface area (TPSA) is 124 Å². The van der Waals surface area contributed by atoms with Crippen LogP contribution >= 0.6 is 0 Å². The van der Waals surface area contributed by atoms with Crippen LogP contribution in [-0.2, 0) is 21.2 Å². The Balaban J connectivity index is 1.43. The lowest BCUT2D eigenvalue weighted by molar-refractivity contribution is -0.127. The molecule has 0 spiro atoms. The van der Waals surface area contributed by atoms with E-state index in [9.17, 15) is 22.8 Å². The molecule has 0 bridgehead atoms. The van der Waals surface area contributed by atoms with Gasteiger partial charge in [-0.05, 0) is 38.5 Å². The molecule has 4 rings (SSSR count). The van der Waals surface area contributed by atoms with Crippen molar-refractivity contribution in [1.29, 1.82) is 0 Å². The summed E-state index contributed by atoms with van der Waals surface area (Å²) in [6, 6.07) is 7.51. The highest BCUT2D eigenvalue weighted by atomic mass is 32.2. The highest BCUT2D eigenvalue weighted by molar-refractivity contribution is 7.90. The van der Waals surface area contributed by atoms with E-state index >= 15 is 0 Å². The molecule has 182 valence electrons. The maximum atomic E-state index is 13.0. The van der Waals surface area contributed by atoms with E-state index in [4.69, 9.17) is 9.47 Å². The summed E-state index contributed by atoms with van der Waals surface area (Å²) in [5.41, 5.74) is 1.95. The molecule has 10 nitrogen and oxygen atoms in total. The number of ketones is 1. The number of nitrogens with zero attached hydrogens (tertiary/aromatic N) is 2. The van der Waals surface area contributed by atoms with Crippen LogP contribution in [0.5, 0.6) is 11.5 Å². The van der Waals surface area contributed by atoms with E-state index in [-0.39, 0.29) is 24.1 Å². The first kappa shape index (κ1) is 23.8. The summed E-state index contributed by atoms with van der Waals surface area (Å²) in [6.45, 7) is 4.10. The van der Waals surface area contributed by atoms with Crippen molar-refractivity contribution in [3.63, 3.8) is 0 Å². The van der Waals surface area contributed by atoms with Crippen LogP contribution in [0.1, 0.15) is 28.2 Å². The van der Waals surface area contributed by atoms with Crippen molar-refractivity contribution >= 4 is 27.6 Å². The number of nitrogens with one attached hydrogen (secondary N) is 1. The lowest BCUT2D eigenvalue weighted by Gasteiger charge is -2.27. The van der Waals surface area contributed by atoms with Crippen molar-refractivity contribution in [3.8, 4) is 11.5 Å². The number of urea groups is 1. The van der Waals surface area contributed by atoms with Gasteiger partial charge in [0.05, 0.1) is 18.8 Å². The number of fused-ring (bicyclic) bond motifs is 1. The Labute approximate surface area is 197 Å². The first-order chi connectivity index (χ1) is 16.0. The van der Waals surface area contributed by atoms with Crippen LogP contribution in [0.4, 0.5) is 4.79 Å². The van der Waals surface area contributed by atoms with Gasteiger partial charge in [0, 0.05) is 23.2 Å². The summed E-state index contributed by atoms with van der Waals surface area (Å²) < 4.78 is 36.5. The average molecular weight is 490 g/mol. The van der Waals surface area contributed by atoms with Crippen molar-refractivity contribution in [2.24, 2.45) is 0 Å². The van der Waals surface area contributed by atoms with Gasteiger partial charge in [0.1, 0.15) is 22.5 Å². The van der Waals surface area contributed by atoms with Crippen LogP contribution in [0.3, 0.4) is 0 Å². The molecule has 1 aromatic carbocycles. The Kier molecular flexibility index (Phi) is 6.39. The lowest BCUT2D eigenvalue weighted by Crippen LogP contribution is -2.36. The molecular weight excluding hydrogens is 462 g/mol. The van der Waals surface area contributed by atoms with Crippen LogP contribution in [0.25, 0.3) is 0 Å². The number of carbonyl (C=O) groups excluding carboxylic acids is 3. The molecule has 34 heavy (non-hydrogen) atoms. The highest BCUT2D eigenvalue weighted by Crippen LogP contribution is 2.31. The third kappa shape index (κ3) is 4.93. The maximum absolute atomic E-state index is 13.0. The molecule has 11 heteroatoms. The van der Waals surface area contributed by atoms with E-state index in [1.807, 2.05) is 35.8 Å². The first-order valence-electron chi connectivity index (χ1n) is 10.9. The van der Waals surface area contributed by atoms with Gasteiger partial charge in [-0.1, -0.05) is 12.1 Å². The summed E-state index contributed by atoms with van der Waals surface area (Å²) in [5, 5.41) is 2.46. The molecule has 2 atom stereocenters. The SMILES string of the molecule is Cc1cc(C(=O)CN2C(=O)N[C@H](CCS(C)(=O)=O)C2=O)c(C)n1C[C@@H]1COc2ccccc2O1. The number of aryl methyl sites for hydroxylation is 1. The van der Waals surface area contributed by atoms with Crippen LogP contribution in [0.2, 0.25) is 0 Å². The zero-order valence-corrected chi connectivity index (χ0v) is 20.1. The second-order valence-electron chi connectivity index (χ2n) is 8.66. The number of hydrogen-bond donors (Lipinski definition) is 1. The molecule has 3 amide bonds. The summed E-state index contributed by atoms with van der Waals surface area (Å²) in [7, 11) is -3.28. The van der Waals surface area contributed by atoms with Gasteiger partial charge in [-0.25, -0.2) is 13.2 Å². The molecule has 1 saturated heterocycles. The number of aromatic nitrogens is 1. The number of ether oxygens (including phenoxy) is 2. The zero-order valence-electron chi connectivity index (χ0n) is 19.2. The minimum absolute atomic E-state index is 0.0325. The third-order valence-electron chi connectivity index (χ3n) is 6.01. The Morgan fingerprint density at radius 1 is 1.18 bits per heavy atom. The molecular formula is C23H27N3O7S. The highest BCUT2D eigenvalue weighted by Gasteiger charge is 2.39. The van der Waals surface area contributed by atoms with Gasteiger partial charge in [-0.2, -0.15) is 0 Å². The van der Waals surface area contributed by atoms with Gasteiger partial charge in [0.15, 0.2) is 23.4 Å². The van der Waals surface area contributed by atoms with E-state index in [1.54, 1.807) is 13.0 Å². The quantitative estimate of drug-likeness (QED) is 0.440. The normalized spacial score (nSPS) is 19.9. The molecule has 0 unspecified atom stereocenters. The molecule has 2 aliphatic heterocycles. The fourth-order valence-corrected chi connectivity index (χ4v) is 4.87. The van der Waals surface area contributed by atoms with Crippen molar-refractivity contribution in [2.75, 3.05) is 25.2 Å². The fraction of sp³-hybridized carbons (Fsp3) is 0.435. The predicted octanol–water partition coefficient (Wildman–Crippen LogP) is 1.48. The number of benzene rings is 1. The van der Waals surface area contributed by atoms with Crippen molar-refractivity contribution < 1.29 is 32.3 Å². The smallest absolute Gasteiger partial charge is 0.325 e.